The Hall–Kier alpha value is -2.45. The van der Waals surface area contributed by atoms with Gasteiger partial charge in [-0.15, -0.1) is 11.3 Å². The molecule has 8 heteroatoms. The monoisotopic (exact) mass is 343 g/mol. The van der Waals surface area contributed by atoms with Crippen LogP contribution in [0.5, 0.6) is 0 Å². The summed E-state index contributed by atoms with van der Waals surface area (Å²) in [7, 11) is 0. The first-order chi connectivity index (χ1) is 11.7. The molecule has 1 saturated heterocycles. The summed E-state index contributed by atoms with van der Waals surface area (Å²) in [4.78, 5) is 21.4. The van der Waals surface area contributed by atoms with E-state index in [0.717, 1.165) is 32.7 Å². The lowest BCUT2D eigenvalue weighted by Gasteiger charge is -2.34. The molecule has 0 spiro atoms. The fourth-order valence-electron chi connectivity index (χ4n) is 3.09. The van der Waals surface area contributed by atoms with E-state index in [4.69, 9.17) is 0 Å². The minimum atomic E-state index is -0.340. The Morgan fingerprint density at radius 1 is 1.17 bits per heavy atom. The normalized spacial score (nSPS) is 15.9. The summed E-state index contributed by atoms with van der Waals surface area (Å²) in [6.45, 7) is 4.19. The van der Waals surface area contributed by atoms with Crippen LogP contribution in [0.4, 0.5) is 11.6 Å². The Bertz CT molecular complexity index is 853. The number of thiophene rings is 1. The lowest BCUT2D eigenvalue weighted by molar-refractivity contribution is -0.389. The number of nitro groups is 1. The third-order valence-corrected chi connectivity index (χ3v) is 5.15. The van der Waals surface area contributed by atoms with Crippen molar-refractivity contribution in [1.29, 1.82) is 0 Å². The van der Waals surface area contributed by atoms with Gasteiger partial charge in [0, 0.05) is 43.7 Å². The second kappa shape index (κ2) is 6.21. The maximum absolute atomic E-state index is 11.5. The van der Waals surface area contributed by atoms with Gasteiger partial charge in [0.05, 0.1) is 6.20 Å². The highest BCUT2D eigenvalue weighted by Crippen LogP contribution is 2.29. The molecule has 0 radical (unpaired) electrons. The van der Waals surface area contributed by atoms with Gasteiger partial charge in [0.1, 0.15) is 0 Å². The molecule has 0 amide bonds. The SMILES string of the molecule is O=[N+]([O-])c1c(N2CCN(Cc3cccs3)CC2)nc2ccccn12. The summed E-state index contributed by atoms with van der Waals surface area (Å²) >= 11 is 1.76. The van der Waals surface area contributed by atoms with Crippen LogP contribution in [0, 0.1) is 10.1 Å². The number of hydrogen-bond donors (Lipinski definition) is 0. The van der Waals surface area contributed by atoms with E-state index in [1.165, 1.54) is 4.88 Å². The Morgan fingerprint density at radius 3 is 2.71 bits per heavy atom. The zero-order valence-electron chi connectivity index (χ0n) is 13.0. The number of anilines is 1. The molecule has 3 aromatic rings. The van der Waals surface area contributed by atoms with Crippen LogP contribution in [0.2, 0.25) is 0 Å². The standard InChI is InChI=1S/C16H17N5O2S/c22-21(23)16-15(17-14-5-1-2-6-20(14)16)19-9-7-18(8-10-19)12-13-4-3-11-24-13/h1-6,11H,7-10,12H2. The van der Waals surface area contributed by atoms with Gasteiger partial charge in [-0.25, -0.2) is 0 Å². The molecule has 0 atom stereocenters. The third-order valence-electron chi connectivity index (χ3n) is 4.29. The van der Waals surface area contributed by atoms with Gasteiger partial charge in [0.2, 0.25) is 11.5 Å². The zero-order valence-corrected chi connectivity index (χ0v) is 13.9. The van der Waals surface area contributed by atoms with E-state index in [1.807, 2.05) is 11.0 Å². The molecule has 0 unspecified atom stereocenters. The minimum Gasteiger partial charge on any atom is -0.358 e. The summed E-state index contributed by atoms with van der Waals surface area (Å²) in [5, 5.41) is 13.6. The summed E-state index contributed by atoms with van der Waals surface area (Å²) in [5.41, 5.74) is 0.611. The number of imidazole rings is 1. The molecule has 1 fully saturated rings. The molecule has 0 aliphatic carbocycles. The van der Waals surface area contributed by atoms with Crippen molar-refractivity contribution in [2.45, 2.75) is 6.54 Å². The Morgan fingerprint density at radius 2 is 2.00 bits per heavy atom. The highest BCUT2D eigenvalue weighted by atomic mass is 32.1. The first kappa shape index (κ1) is 15.1. The number of nitrogens with zero attached hydrogens (tertiary/aromatic N) is 5. The fourth-order valence-corrected chi connectivity index (χ4v) is 3.84. The van der Waals surface area contributed by atoms with Crippen LogP contribution < -0.4 is 4.90 Å². The molecule has 4 heterocycles. The highest BCUT2D eigenvalue weighted by molar-refractivity contribution is 7.09. The van der Waals surface area contributed by atoms with Gasteiger partial charge in [-0.05, 0) is 22.4 Å². The van der Waals surface area contributed by atoms with Crippen molar-refractivity contribution < 1.29 is 4.92 Å². The van der Waals surface area contributed by atoms with Crippen LogP contribution in [0.15, 0.2) is 41.9 Å². The molecule has 0 aromatic carbocycles. The quantitative estimate of drug-likeness (QED) is 0.538. The van der Waals surface area contributed by atoms with Gasteiger partial charge in [-0.3, -0.25) is 4.90 Å². The van der Waals surface area contributed by atoms with Gasteiger partial charge in [-0.1, -0.05) is 12.1 Å². The molecule has 4 rings (SSSR count). The fraction of sp³-hybridized carbons (Fsp3) is 0.312. The average molecular weight is 343 g/mol. The molecule has 3 aromatic heterocycles. The van der Waals surface area contributed by atoms with Crippen molar-refractivity contribution in [3.63, 3.8) is 0 Å². The van der Waals surface area contributed by atoms with E-state index in [9.17, 15) is 10.1 Å². The zero-order chi connectivity index (χ0) is 16.5. The lowest BCUT2D eigenvalue weighted by atomic mass is 10.3. The number of pyridine rings is 1. The number of hydrogen-bond acceptors (Lipinski definition) is 6. The van der Waals surface area contributed by atoms with E-state index in [1.54, 1.807) is 34.1 Å². The van der Waals surface area contributed by atoms with Crippen LogP contribution in [0.1, 0.15) is 4.88 Å². The van der Waals surface area contributed by atoms with Crippen molar-refractivity contribution in [2.24, 2.45) is 0 Å². The van der Waals surface area contributed by atoms with Crippen molar-refractivity contribution in [3.05, 3.63) is 56.9 Å². The van der Waals surface area contributed by atoms with Crippen LogP contribution in [-0.2, 0) is 6.54 Å². The molecule has 7 nitrogen and oxygen atoms in total. The second-order valence-electron chi connectivity index (χ2n) is 5.79. The predicted octanol–water partition coefficient (Wildman–Crippen LogP) is 2.63. The van der Waals surface area contributed by atoms with E-state index < -0.39 is 0 Å². The second-order valence-corrected chi connectivity index (χ2v) is 6.82. The van der Waals surface area contributed by atoms with Crippen LogP contribution in [0.25, 0.3) is 5.65 Å². The van der Waals surface area contributed by atoms with Gasteiger partial charge >= 0.3 is 5.82 Å². The summed E-state index contributed by atoms with van der Waals surface area (Å²) in [6.07, 6.45) is 1.69. The molecule has 0 N–H and O–H groups in total. The van der Waals surface area contributed by atoms with Crippen LogP contribution in [0.3, 0.4) is 0 Å². The topological polar surface area (TPSA) is 66.9 Å². The summed E-state index contributed by atoms with van der Waals surface area (Å²) in [5.74, 6) is 0.527. The molecule has 0 bridgehead atoms. The minimum absolute atomic E-state index is 0.0531. The summed E-state index contributed by atoms with van der Waals surface area (Å²) < 4.78 is 1.55. The Balaban J connectivity index is 1.54. The molecular formula is C16H17N5O2S. The number of aromatic nitrogens is 2. The molecule has 1 aliphatic heterocycles. The lowest BCUT2D eigenvalue weighted by Crippen LogP contribution is -2.46. The number of piperazine rings is 1. The average Bonchev–Trinajstić information content (AvgIpc) is 3.22. The van der Waals surface area contributed by atoms with Crippen LogP contribution in [-0.4, -0.2) is 45.4 Å². The van der Waals surface area contributed by atoms with Gasteiger partial charge in [0.15, 0.2) is 0 Å². The Kier molecular flexibility index (Phi) is 3.91. The molecular weight excluding hydrogens is 326 g/mol. The Labute approximate surface area is 142 Å². The van der Waals surface area contributed by atoms with Crippen molar-refractivity contribution in [2.75, 3.05) is 31.1 Å². The number of fused-ring (bicyclic) bond motifs is 1. The predicted molar refractivity (Wildman–Crippen MR) is 93.7 cm³/mol. The summed E-state index contributed by atoms with van der Waals surface area (Å²) in [6, 6.07) is 9.63. The maximum atomic E-state index is 11.5. The van der Waals surface area contributed by atoms with Crippen LogP contribution >= 0.6 is 11.3 Å². The van der Waals surface area contributed by atoms with Crippen molar-refractivity contribution in [1.82, 2.24) is 14.3 Å². The van der Waals surface area contributed by atoms with Gasteiger partial charge < -0.3 is 15.0 Å². The van der Waals surface area contributed by atoms with E-state index in [2.05, 4.69) is 27.4 Å². The first-order valence-corrected chi connectivity index (χ1v) is 8.71. The van der Waals surface area contributed by atoms with Crippen molar-refractivity contribution in [3.8, 4) is 0 Å². The number of rotatable bonds is 4. The molecule has 1 aliphatic rings. The third kappa shape index (κ3) is 2.74. The van der Waals surface area contributed by atoms with Gasteiger partial charge in [0.25, 0.3) is 0 Å². The molecule has 24 heavy (non-hydrogen) atoms. The van der Waals surface area contributed by atoms with E-state index >= 15 is 0 Å². The smallest absolute Gasteiger partial charge is 0.358 e. The maximum Gasteiger partial charge on any atom is 0.372 e. The molecule has 0 saturated carbocycles. The van der Waals surface area contributed by atoms with Gasteiger partial charge in [-0.2, -0.15) is 9.38 Å². The first-order valence-electron chi connectivity index (χ1n) is 7.83. The van der Waals surface area contributed by atoms with E-state index in [0.29, 0.717) is 11.5 Å². The highest BCUT2D eigenvalue weighted by Gasteiger charge is 2.29. The van der Waals surface area contributed by atoms with Crippen molar-refractivity contribution >= 4 is 28.6 Å². The molecule has 124 valence electrons. The largest absolute Gasteiger partial charge is 0.372 e. The van der Waals surface area contributed by atoms with E-state index in [-0.39, 0.29) is 10.7 Å².